The zero-order chi connectivity index (χ0) is 15.4. The van der Waals surface area contributed by atoms with Crippen LogP contribution in [0.2, 0.25) is 0 Å². The number of anilines is 1. The molecule has 1 aromatic carbocycles. The second kappa shape index (κ2) is 7.06. The molecule has 0 saturated carbocycles. The molecule has 0 bridgehead atoms. The van der Waals surface area contributed by atoms with E-state index in [0.29, 0.717) is 12.5 Å². The lowest BCUT2D eigenvalue weighted by Crippen LogP contribution is -2.06. The van der Waals surface area contributed by atoms with Crippen molar-refractivity contribution in [2.24, 2.45) is 0 Å². The fourth-order valence-corrected chi connectivity index (χ4v) is 3.17. The lowest BCUT2D eigenvalue weighted by molar-refractivity contribution is 0.340. The number of hydrogen-bond donors (Lipinski definition) is 1. The maximum atomic E-state index is 5.55. The standard InChI is InChI=1S/C16H20IN3O/c1-5-21-12-8-6-7-11(9-12)15-19-14(10(2)3)13(17)16(18-4)20-15/h6-10H,5H2,1-4H3,(H,18,19,20). The Bertz CT molecular complexity index is 629. The topological polar surface area (TPSA) is 47.0 Å². The minimum absolute atomic E-state index is 0.348. The Morgan fingerprint density at radius 1 is 1.29 bits per heavy atom. The van der Waals surface area contributed by atoms with E-state index in [1.165, 1.54) is 0 Å². The van der Waals surface area contributed by atoms with E-state index in [9.17, 15) is 0 Å². The van der Waals surface area contributed by atoms with E-state index in [4.69, 9.17) is 9.72 Å². The summed E-state index contributed by atoms with van der Waals surface area (Å²) >= 11 is 2.30. The predicted octanol–water partition coefficient (Wildman–Crippen LogP) is 4.31. The Balaban J connectivity index is 2.53. The van der Waals surface area contributed by atoms with Crippen LogP contribution in [0.1, 0.15) is 32.4 Å². The molecule has 0 aliphatic heterocycles. The lowest BCUT2D eigenvalue weighted by Gasteiger charge is -2.14. The van der Waals surface area contributed by atoms with Crippen LogP contribution in [0.5, 0.6) is 5.75 Å². The SMILES string of the molecule is CCOc1cccc(-c2nc(NC)c(I)c(C(C)C)n2)c1. The predicted molar refractivity (Wildman–Crippen MR) is 95.0 cm³/mol. The summed E-state index contributed by atoms with van der Waals surface area (Å²) < 4.78 is 6.63. The zero-order valence-corrected chi connectivity index (χ0v) is 14.9. The van der Waals surface area contributed by atoms with Crippen LogP contribution in [0, 0.1) is 3.57 Å². The Labute approximate surface area is 139 Å². The van der Waals surface area contributed by atoms with Crippen molar-refractivity contribution in [3.63, 3.8) is 0 Å². The highest BCUT2D eigenvalue weighted by molar-refractivity contribution is 14.1. The monoisotopic (exact) mass is 397 g/mol. The van der Waals surface area contributed by atoms with E-state index in [2.05, 4.69) is 46.7 Å². The van der Waals surface area contributed by atoms with Gasteiger partial charge in [0.25, 0.3) is 0 Å². The normalized spacial score (nSPS) is 10.8. The van der Waals surface area contributed by atoms with Crippen LogP contribution in [0.25, 0.3) is 11.4 Å². The summed E-state index contributed by atoms with van der Waals surface area (Å²) in [6.45, 7) is 6.91. The van der Waals surface area contributed by atoms with Gasteiger partial charge in [-0.3, -0.25) is 0 Å². The number of hydrogen-bond acceptors (Lipinski definition) is 4. The first-order valence-electron chi connectivity index (χ1n) is 7.05. The van der Waals surface area contributed by atoms with Gasteiger partial charge in [-0.05, 0) is 47.6 Å². The summed E-state index contributed by atoms with van der Waals surface area (Å²) in [6, 6.07) is 7.90. The summed E-state index contributed by atoms with van der Waals surface area (Å²) in [7, 11) is 1.88. The van der Waals surface area contributed by atoms with E-state index < -0.39 is 0 Å². The Morgan fingerprint density at radius 2 is 2.05 bits per heavy atom. The number of rotatable bonds is 5. The third kappa shape index (κ3) is 3.64. The van der Waals surface area contributed by atoms with Crippen molar-refractivity contribution in [1.29, 1.82) is 0 Å². The molecule has 0 aliphatic rings. The third-order valence-electron chi connectivity index (χ3n) is 3.06. The smallest absolute Gasteiger partial charge is 0.161 e. The molecule has 1 heterocycles. The molecule has 0 aliphatic carbocycles. The lowest BCUT2D eigenvalue weighted by atomic mass is 10.1. The highest BCUT2D eigenvalue weighted by Crippen LogP contribution is 2.29. The molecule has 0 saturated heterocycles. The van der Waals surface area contributed by atoms with E-state index in [-0.39, 0.29) is 0 Å². The molecule has 112 valence electrons. The molecule has 4 nitrogen and oxygen atoms in total. The minimum Gasteiger partial charge on any atom is -0.494 e. The van der Waals surface area contributed by atoms with Crippen molar-refractivity contribution in [3.05, 3.63) is 33.5 Å². The van der Waals surface area contributed by atoms with Crippen LogP contribution in [-0.4, -0.2) is 23.6 Å². The van der Waals surface area contributed by atoms with Gasteiger partial charge >= 0.3 is 0 Å². The number of aromatic nitrogens is 2. The fraction of sp³-hybridized carbons (Fsp3) is 0.375. The molecule has 5 heteroatoms. The first-order valence-corrected chi connectivity index (χ1v) is 8.13. The van der Waals surface area contributed by atoms with Gasteiger partial charge in [-0.1, -0.05) is 26.0 Å². The van der Waals surface area contributed by atoms with Crippen molar-refractivity contribution in [2.75, 3.05) is 19.0 Å². The van der Waals surface area contributed by atoms with Crippen LogP contribution in [0.15, 0.2) is 24.3 Å². The Kier molecular flexibility index (Phi) is 5.39. The highest BCUT2D eigenvalue weighted by Gasteiger charge is 2.15. The van der Waals surface area contributed by atoms with Gasteiger partial charge in [0.2, 0.25) is 0 Å². The van der Waals surface area contributed by atoms with Gasteiger partial charge in [-0.2, -0.15) is 0 Å². The van der Waals surface area contributed by atoms with Crippen LogP contribution in [0.4, 0.5) is 5.82 Å². The molecule has 1 N–H and O–H groups in total. The summed E-state index contributed by atoms with van der Waals surface area (Å²) in [5, 5.41) is 3.15. The van der Waals surface area contributed by atoms with Gasteiger partial charge < -0.3 is 10.1 Å². The van der Waals surface area contributed by atoms with Gasteiger partial charge in [0.05, 0.1) is 15.9 Å². The molecular weight excluding hydrogens is 377 g/mol. The molecule has 1 aromatic heterocycles. The van der Waals surface area contributed by atoms with Crippen LogP contribution < -0.4 is 10.1 Å². The zero-order valence-electron chi connectivity index (χ0n) is 12.8. The summed E-state index contributed by atoms with van der Waals surface area (Å²) in [5.41, 5.74) is 2.03. The maximum absolute atomic E-state index is 5.55. The molecule has 21 heavy (non-hydrogen) atoms. The van der Waals surface area contributed by atoms with Crippen molar-refractivity contribution < 1.29 is 4.74 Å². The van der Waals surface area contributed by atoms with Crippen LogP contribution in [0.3, 0.4) is 0 Å². The largest absolute Gasteiger partial charge is 0.494 e. The average molecular weight is 397 g/mol. The van der Waals surface area contributed by atoms with Gasteiger partial charge in [-0.25, -0.2) is 9.97 Å². The number of nitrogens with one attached hydrogen (secondary N) is 1. The van der Waals surface area contributed by atoms with Gasteiger partial charge in [0, 0.05) is 12.6 Å². The van der Waals surface area contributed by atoms with E-state index >= 15 is 0 Å². The summed E-state index contributed by atoms with van der Waals surface area (Å²) in [4.78, 5) is 9.36. The third-order valence-corrected chi connectivity index (χ3v) is 4.13. The second-order valence-electron chi connectivity index (χ2n) is 4.96. The molecule has 2 aromatic rings. The highest BCUT2D eigenvalue weighted by atomic mass is 127. The summed E-state index contributed by atoms with van der Waals surface area (Å²) in [5.74, 6) is 2.78. The molecule has 0 fully saturated rings. The average Bonchev–Trinajstić information content (AvgIpc) is 2.48. The first kappa shape index (κ1) is 16.0. The molecule has 0 atom stereocenters. The van der Waals surface area contributed by atoms with E-state index in [0.717, 1.165) is 32.2 Å². The second-order valence-corrected chi connectivity index (χ2v) is 6.04. The number of halogens is 1. The van der Waals surface area contributed by atoms with Gasteiger partial charge in [0.1, 0.15) is 11.6 Å². The van der Waals surface area contributed by atoms with Crippen molar-refractivity contribution in [3.8, 4) is 17.1 Å². The van der Waals surface area contributed by atoms with Crippen molar-refractivity contribution in [2.45, 2.75) is 26.7 Å². The summed E-state index contributed by atoms with van der Waals surface area (Å²) in [6.07, 6.45) is 0. The minimum atomic E-state index is 0.348. The van der Waals surface area contributed by atoms with Crippen LogP contribution in [-0.2, 0) is 0 Å². The maximum Gasteiger partial charge on any atom is 0.161 e. The molecule has 2 rings (SSSR count). The first-order chi connectivity index (χ1) is 10.1. The number of ether oxygens (including phenoxy) is 1. The number of nitrogens with zero attached hydrogens (tertiary/aromatic N) is 2. The molecule has 0 radical (unpaired) electrons. The quantitative estimate of drug-likeness (QED) is 0.764. The van der Waals surface area contributed by atoms with E-state index in [1.807, 2.05) is 38.2 Å². The molecule has 0 spiro atoms. The van der Waals surface area contributed by atoms with E-state index in [1.54, 1.807) is 0 Å². The number of benzene rings is 1. The molecule has 0 unspecified atom stereocenters. The molecular formula is C16H20IN3O. The molecule has 0 amide bonds. The fourth-order valence-electron chi connectivity index (χ4n) is 2.03. The van der Waals surface area contributed by atoms with Crippen LogP contribution >= 0.6 is 22.6 Å². The van der Waals surface area contributed by atoms with Crippen molar-refractivity contribution in [1.82, 2.24) is 9.97 Å². The Hall–Kier alpha value is -1.37. The Morgan fingerprint density at radius 3 is 2.67 bits per heavy atom. The van der Waals surface area contributed by atoms with Gasteiger partial charge in [-0.15, -0.1) is 0 Å². The van der Waals surface area contributed by atoms with Crippen molar-refractivity contribution >= 4 is 28.4 Å². The van der Waals surface area contributed by atoms with Gasteiger partial charge in [0.15, 0.2) is 5.82 Å².